The number of hydrogen-bond acceptors (Lipinski definition) is 3. The third kappa shape index (κ3) is 2.17. The molecule has 19 heavy (non-hydrogen) atoms. The van der Waals surface area contributed by atoms with Crippen molar-refractivity contribution < 1.29 is 4.42 Å². The number of furan rings is 1. The van der Waals surface area contributed by atoms with Gasteiger partial charge in [0.1, 0.15) is 5.76 Å². The molecule has 4 heteroatoms. The number of nitrogens with zero attached hydrogens (tertiary/aromatic N) is 1. The van der Waals surface area contributed by atoms with Gasteiger partial charge >= 0.3 is 0 Å². The molecule has 1 atom stereocenters. The minimum Gasteiger partial charge on any atom is -0.466 e. The summed E-state index contributed by atoms with van der Waals surface area (Å²) in [6, 6.07) is 11.6. The molecule has 3 nitrogen and oxygen atoms in total. The fourth-order valence-electron chi connectivity index (χ4n) is 2.27. The summed E-state index contributed by atoms with van der Waals surface area (Å²) in [5.74, 6) is 0.732. The SMILES string of the molecule is Cc1cc(C(N)c2occc2Br)c2ccccc2n1. The quantitative estimate of drug-likeness (QED) is 0.779. The lowest BCUT2D eigenvalue weighted by Crippen LogP contribution is -2.12. The first-order valence-electron chi connectivity index (χ1n) is 6.01. The normalized spacial score (nSPS) is 12.8. The van der Waals surface area contributed by atoms with Crippen LogP contribution < -0.4 is 5.73 Å². The van der Waals surface area contributed by atoms with Crippen molar-refractivity contribution in [2.45, 2.75) is 13.0 Å². The zero-order chi connectivity index (χ0) is 13.4. The van der Waals surface area contributed by atoms with Gasteiger partial charge in [0.2, 0.25) is 0 Å². The molecule has 1 unspecified atom stereocenters. The van der Waals surface area contributed by atoms with Crippen molar-refractivity contribution in [2.75, 3.05) is 0 Å². The van der Waals surface area contributed by atoms with E-state index in [1.165, 1.54) is 0 Å². The van der Waals surface area contributed by atoms with Gasteiger partial charge in [-0.1, -0.05) is 18.2 Å². The Morgan fingerprint density at radius 1 is 1.26 bits per heavy atom. The molecule has 2 N–H and O–H groups in total. The summed E-state index contributed by atoms with van der Waals surface area (Å²) in [6.45, 7) is 1.97. The fraction of sp³-hybridized carbons (Fsp3) is 0.133. The van der Waals surface area contributed by atoms with E-state index in [-0.39, 0.29) is 6.04 Å². The molecule has 3 rings (SSSR count). The van der Waals surface area contributed by atoms with Gasteiger partial charge in [0.25, 0.3) is 0 Å². The molecule has 0 radical (unpaired) electrons. The van der Waals surface area contributed by atoms with Crippen molar-refractivity contribution in [3.8, 4) is 0 Å². The molecule has 0 aliphatic carbocycles. The van der Waals surface area contributed by atoms with Gasteiger partial charge in [0.05, 0.1) is 22.3 Å². The monoisotopic (exact) mass is 316 g/mol. The van der Waals surface area contributed by atoms with E-state index in [0.29, 0.717) is 0 Å². The van der Waals surface area contributed by atoms with Crippen molar-refractivity contribution in [3.63, 3.8) is 0 Å². The number of para-hydroxylation sites is 1. The molecule has 0 fully saturated rings. The molecular formula is C15H13BrN2O. The van der Waals surface area contributed by atoms with Crippen LogP contribution in [0.25, 0.3) is 10.9 Å². The van der Waals surface area contributed by atoms with Gasteiger partial charge in [0, 0.05) is 11.1 Å². The van der Waals surface area contributed by atoms with Crippen LogP contribution in [0.4, 0.5) is 0 Å². The van der Waals surface area contributed by atoms with Crippen molar-refractivity contribution in [3.05, 3.63) is 64.2 Å². The van der Waals surface area contributed by atoms with Crippen molar-refractivity contribution in [2.24, 2.45) is 5.73 Å². The highest BCUT2D eigenvalue weighted by Gasteiger charge is 2.18. The summed E-state index contributed by atoms with van der Waals surface area (Å²) < 4.78 is 6.36. The van der Waals surface area contributed by atoms with Gasteiger partial charge in [-0.05, 0) is 46.6 Å². The molecule has 0 saturated heterocycles. The van der Waals surface area contributed by atoms with Gasteiger partial charge in [0.15, 0.2) is 0 Å². The number of rotatable bonds is 2. The average molecular weight is 317 g/mol. The predicted octanol–water partition coefficient (Wildman–Crippen LogP) is 3.95. The molecule has 2 aromatic heterocycles. The number of fused-ring (bicyclic) bond motifs is 1. The molecule has 96 valence electrons. The van der Waals surface area contributed by atoms with E-state index in [2.05, 4.69) is 20.9 Å². The maximum atomic E-state index is 6.35. The second-order valence-corrected chi connectivity index (χ2v) is 5.33. The Morgan fingerprint density at radius 3 is 2.79 bits per heavy atom. The van der Waals surface area contributed by atoms with Crippen LogP contribution in [-0.2, 0) is 0 Å². The smallest absolute Gasteiger partial charge is 0.139 e. The van der Waals surface area contributed by atoms with Crippen LogP contribution in [0.5, 0.6) is 0 Å². The summed E-state index contributed by atoms with van der Waals surface area (Å²) in [6.07, 6.45) is 1.63. The maximum Gasteiger partial charge on any atom is 0.139 e. The van der Waals surface area contributed by atoms with Crippen LogP contribution in [0, 0.1) is 6.92 Å². The summed E-state index contributed by atoms with van der Waals surface area (Å²) in [7, 11) is 0. The Balaban J connectivity index is 2.22. The molecule has 1 aromatic carbocycles. The Bertz CT molecular complexity index is 736. The van der Waals surface area contributed by atoms with Gasteiger partial charge in [-0.25, -0.2) is 0 Å². The lowest BCUT2D eigenvalue weighted by atomic mass is 10.00. The van der Waals surface area contributed by atoms with E-state index in [0.717, 1.165) is 32.4 Å². The number of halogens is 1. The molecule has 0 aliphatic rings. The van der Waals surface area contributed by atoms with E-state index >= 15 is 0 Å². The van der Waals surface area contributed by atoms with Crippen LogP contribution in [0.3, 0.4) is 0 Å². The first-order chi connectivity index (χ1) is 9.16. The van der Waals surface area contributed by atoms with Gasteiger partial charge < -0.3 is 10.2 Å². The minimum atomic E-state index is -0.309. The van der Waals surface area contributed by atoms with Gasteiger partial charge in [-0.2, -0.15) is 0 Å². The molecule has 0 spiro atoms. The Hall–Kier alpha value is -1.65. The van der Waals surface area contributed by atoms with Gasteiger partial charge in [-0.3, -0.25) is 4.98 Å². The molecular weight excluding hydrogens is 304 g/mol. The first kappa shape index (κ1) is 12.4. The van der Waals surface area contributed by atoms with E-state index in [9.17, 15) is 0 Å². The third-order valence-corrected chi connectivity index (χ3v) is 3.79. The molecule has 0 aliphatic heterocycles. The second-order valence-electron chi connectivity index (χ2n) is 4.48. The summed E-state index contributed by atoms with van der Waals surface area (Å²) in [5, 5.41) is 1.06. The third-order valence-electron chi connectivity index (χ3n) is 3.14. The summed E-state index contributed by atoms with van der Waals surface area (Å²) in [4.78, 5) is 4.52. The average Bonchev–Trinajstić information content (AvgIpc) is 2.83. The Labute approximate surface area is 119 Å². The number of benzene rings is 1. The van der Waals surface area contributed by atoms with E-state index in [1.54, 1.807) is 6.26 Å². The van der Waals surface area contributed by atoms with Crippen LogP contribution >= 0.6 is 15.9 Å². The topological polar surface area (TPSA) is 52.0 Å². The number of pyridine rings is 1. The lowest BCUT2D eigenvalue weighted by Gasteiger charge is -2.14. The number of nitrogens with two attached hydrogens (primary N) is 1. The lowest BCUT2D eigenvalue weighted by molar-refractivity contribution is 0.488. The van der Waals surface area contributed by atoms with E-state index in [4.69, 9.17) is 10.2 Å². The van der Waals surface area contributed by atoms with Crippen LogP contribution in [-0.4, -0.2) is 4.98 Å². The molecule has 0 amide bonds. The van der Waals surface area contributed by atoms with Gasteiger partial charge in [-0.15, -0.1) is 0 Å². The van der Waals surface area contributed by atoms with Crippen LogP contribution in [0.15, 0.2) is 51.6 Å². The van der Waals surface area contributed by atoms with E-state index in [1.807, 2.05) is 43.3 Å². The first-order valence-corrected chi connectivity index (χ1v) is 6.81. The zero-order valence-corrected chi connectivity index (χ0v) is 12.0. The van der Waals surface area contributed by atoms with Crippen molar-refractivity contribution in [1.29, 1.82) is 0 Å². The second kappa shape index (κ2) is 4.79. The molecule has 2 heterocycles. The number of aromatic nitrogens is 1. The highest BCUT2D eigenvalue weighted by molar-refractivity contribution is 9.10. The predicted molar refractivity (Wildman–Crippen MR) is 78.9 cm³/mol. The molecule has 3 aromatic rings. The van der Waals surface area contributed by atoms with Crippen molar-refractivity contribution in [1.82, 2.24) is 4.98 Å². The van der Waals surface area contributed by atoms with Crippen LogP contribution in [0.1, 0.15) is 23.1 Å². The Morgan fingerprint density at radius 2 is 2.05 bits per heavy atom. The summed E-state index contributed by atoms with van der Waals surface area (Å²) >= 11 is 3.46. The number of hydrogen-bond donors (Lipinski definition) is 1. The highest BCUT2D eigenvalue weighted by atomic mass is 79.9. The Kier molecular flexibility index (Phi) is 3.12. The zero-order valence-electron chi connectivity index (χ0n) is 10.4. The molecule has 0 saturated carbocycles. The van der Waals surface area contributed by atoms with Crippen LogP contribution in [0.2, 0.25) is 0 Å². The molecule has 0 bridgehead atoms. The highest BCUT2D eigenvalue weighted by Crippen LogP contribution is 2.31. The van der Waals surface area contributed by atoms with E-state index < -0.39 is 0 Å². The largest absolute Gasteiger partial charge is 0.466 e. The standard InChI is InChI=1S/C15H13BrN2O/c1-9-8-11(10-4-2-3-5-13(10)18-9)14(17)15-12(16)6-7-19-15/h2-8,14H,17H2,1H3. The maximum absolute atomic E-state index is 6.35. The fourth-order valence-corrected chi connectivity index (χ4v) is 2.71. The summed E-state index contributed by atoms with van der Waals surface area (Å²) in [5.41, 5.74) is 9.28. The minimum absolute atomic E-state index is 0.309. The number of aryl methyl sites for hydroxylation is 1. The van der Waals surface area contributed by atoms with Crippen molar-refractivity contribution >= 4 is 26.8 Å².